The van der Waals surface area contributed by atoms with Gasteiger partial charge in [0.25, 0.3) is 0 Å². The Hall–Kier alpha value is -2.30. The zero-order valence-corrected chi connectivity index (χ0v) is 14.6. The van der Waals surface area contributed by atoms with Crippen LogP contribution in [0, 0.1) is 6.92 Å². The Morgan fingerprint density at radius 1 is 1.26 bits per heavy atom. The highest BCUT2D eigenvalue weighted by Crippen LogP contribution is 2.30. The zero-order chi connectivity index (χ0) is 17.0. The largest absolute Gasteiger partial charge is 0.496 e. The minimum Gasteiger partial charge on any atom is -0.496 e. The van der Waals surface area contributed by atoms with E-state index in [1.165, 1.54) is 11.1 Å². The van der Waals surface area contributed by atoms with Gasteiger partial charge in [-0.05, 0) is 42.5 Å². The topological polar surface area (TPSA) is 73.1 Å². The molecule has 0 aliphatic rings. The summed E-state index contributed by atoms with van der Waals surface area (Å²) in [6.45, 7) is 9.31. The molecule has 0 radical (unpaired) electrons. The van der Waals surface area contributed by atoms with E-state index in [1.54, 1.807) is 13.3 Å². The highest BCUT2D eigenvalue weighted by Gasteiger charge is 2.14. The summed E-state index contributed by atoms with van der Waals surface area (Å²) >= 11 is 0. The molecule has 1 heterocycles. The molecule has 0 bridgehead atoms. The van der Waals surface area contributed by atoms with Crippen LogP contribution < -0.4 is 15.8 Å². The molecule has 2 rings (SSSR count). The van der Waals surface area contributed by atoms with Gasteiger partial charge in [0.15, 0.2) is 0 Å². The van der Waals surface area contributed by atoms with Crippen molar-refractivity contribution in [1.82, 2.24) is 9.97 Å². The van der Waals surface area contributed by atoms with Gasteiger partial charge >= 0.3 is 0 Å². The lowest BCUT2D eigenvalue weighted by Crippen LogP contribution is -2.08. The SMILES string of the molecule is CCNc1nc(N)ncc1Cc1cc(OC)c(C)cc1C(C)C. The van der Waals surface area contributed by atoms with Crippen molar-refractivity contribution in [2.75, 3.05) is 24.7 Å². The Morgan fingerprint density at radius 3 is 2.61 bits per heavy atom. The molecule has 0 spiro atoms. The fourth-order valence-corrected chi connectivity index (χ4v) is 2.74. The van der Waals surface area contributed by atoms with Crippen LogP contribution in [-0.2, 0) is 6.42 Å². The number of anilines is 2. The smallest absolute Gasteiger partial charge is 0.221 e. The summed E-state index contributed by atoms with van der Waals surface area (Å²) in [5.41, 5.74) is 10.5. The van der Waals surface area contributed by atoms with Crippen LogP contribution in [0.3, 0.4) is 0 Å². The van der Waals surface area contributed by atoms with E-state index in [-0.39, 0.29) is 5.95 Å². The Morgan fingerprint density at radius 2 is 2.00 bits per heavy atom. The molecule has 5 nitrogen and oxygen atoms in total. The normalized spacial score (nSPS) is 10.9. The van der Waals surface area contributed by atoms with E-state index in [1.807, 2.05) is 6.92 Å². The third-order valence-corrected chi connectivity index (χ3v) is 3.89. The third-order valence-electron chi connectivity index (χ3n) is 3.89. The molecular formula is C18H26N4O. The van der Waals surface area contributed by atoms with Crippen LogP contribution in [0.15, 0.2) is 18.3 Å². The van der Waals surface area contributed by atoms with E-state index in [4.69, 9.17) is 10.5 Å². The van der Waals surface area contributed by atoms with Gasteiger partial charge in [-0.2, -0.15) is 4.98 Å². The maximum absolute atomic E-state index is 5.71. The fourth-order valence-electron chi connectivity index (χ4n) is 2.74. The molecule has 0 saturated carbocycles. The van der Waals surface area contributed by atoms with Crippen molar-refractivity contribution in [3.8, 4) is 5.75 Å². The summed E-state index contributed by atoms with van der Waals surface area (Å²) in [5.74, 6) is 2.43. The van der Waals surface area contributed by atoms with Crippen molar-refractivity contribution < 1.29 is 4.74 Å². The lowest BCUT2D eigenvalue weighted by molar-refractivity contribution is 0.411. The predicted molar refractivity (Wildman–Crippen MR) is 95.2 cm³/mol. The predicted octanol–water partition coefficient (Wildman–Crippen LogP) is 3.52. The van der Waals surface area contributed by atoms with Gasteiger partial charge in [0.2, 0.25) is 5.95 Å². The number of hydrogen-bond donors (Lipinski definition) is 2. The van der Waals surface area contributed by atoms with Crippen molar-refractivity contribution in [2.45, 2.75) is 40.0 Å². The molecule has 5 heteroatoms. The molecule has 0 aliphatic heterocycles. The second kappa shape index (κ2) is 7.31. The van der Waals surface area contributed by atoms with E-state index in [0.717, 1.165) is 35.7 Å². The number of aromatic nitrogens is 2. The van der Waals surface area contributed by atoms with Gasteiger partial charge in [0.1, 0.15) is 11.6 Å². The van der Waals surface area contributed by atoms with Gasteiger partial charge in [-0.15, -0.1) is 0 Å². The second-order valence-corrected chi connectivity index (χ2v) is 5.98. The molecule has 1 aromatic carbocycles. The summed E-state index contributed by atoms with van der Waals surface area (Å²) in [4.78, 5) is 8.47. The molecule has 0 saturated heterocycles. The maximum Gasteiger partial charge on any atom is 0.221 e. The number of nitrogen functional groups attached to an aromatic ring is 1. The Kier molecular flexibility index (Phi) is 5.42. The third kappa shape index (κ3) is 3.92. The van der Waals surface area contributed by atoms with Crippen molar-refractivity contribution in [3.05, 3.63) is 40.6 Å². The molecule has 0 unspecified atom stereocenters. The van der Waals surface area contributed by atoms with Crippen LogP contribution in [0.4, 0.5) is 11.8 Å². The van der Waals surface area contributed by atoms with Crippen LogP contribution in [0.1, 0.15) is 48.9 Å². The highest BCUT2D eigenvalue weighted by atomic mass is 16.5. The van der Waals surface area contributed by atoms with Crippen LogP contribution in [0.2, 0.25) is 0 Å². The van der Waals surface area contributed by atoms with E-state index >= 15 is 0 Å². The first-order valence-electron chi connectivity index (χ1n) is 7.98. The Labute approximate surface area is 138 Å². The summed E-state index contributed by atoms with van der Waals surface area (Å²) in [5, 5.41) is 3.26. The van der Waals surface area contributed by atoms with E-state index in [9.17, 15) is 0 Å². The number of nitrogens with two attached hydrogens (primary N) is 1. The average molecular weight is 314 g/mol. The van der Waals surface area contributed by atoms with E-state index in [2.05, 4.69) is 48.2 Å². The number of ether oxygens (including phenoxy) is 1. The Bertz CT molecular complexity index is 683. The highest BCUT2D eigenvalue weighted by molar-refractivity contribution is 5.51. The summed E-state index contributed by atoms with van der Waals surface area (Å²) in [6.07, 6.45) is 2.55. The first-order chi connectivity index (χ1) is 11.0. The second-order valence-electron chi connectivity index (χ2n) is 5.98. The van der Waals surface area contributed by atoms with Crippen LogP contribution in [0.25, 0.3) is 0 Å². The number of rotatable bonds is 6. The number of aryl methyl sites for hydroxylation is 1. The Balaban J connectivity index is 2.47. The van der Waals surface area contributed by atoms with Gasteiger partial charge in [-0.1, -0.05) is 19.9 Å². The van der Waals surface area contributed by atoms with Gasteiger partial charge < -0.3 is 15.8 Å². The monoisotopic (exact) mass is 314 g/mol. The molecule has 0 atom stereocenters. The first kappa shape index (κ1) is 17.1. The van der Waals surface area contributed by atoms with Gasteiger partial charge in [-0.3, -0.25) is 0 Å². The van der Waals surface area contributed by atoms with Crippen molar-refractivity contribution in [2.24, 2.45) is 0 Å². The molecule has 124 valence electrons. The van der Waals surface area contributed by atoms with E-state index in [0.29, 0.717) is 5.92 Å². The molecule has 0 fully saturated rings. The fraction of sp³-hybridized carbons (Fsp3) is 0.444. The van der Waals surface area contributed by atoms with Gasteiger partial charge in [0.05, 0.1) is 7.11 Å². The van der Waals surface area contributed by atoms with Crippen LogP contribution >= 0.6 is 0 Å². The lowest BCUT2D eigenvalue weighted by atomic mass is 9.91. The molecule has 3 N–H and O–H groups in total. The minimum absolute atomic E-state index is 0.287. The number of hydrogen-bond acceptors (Lipinski definition) is 5. The minimum atomic E-state index is 0.287. The number of nitrogens with one attached hydrogen (secondary N) is 1. The molecular weight excluding hydrogens is 288 g/mol. The van der Waals surface area contributed by atoms with Crippen molar-refractivity contribution in [3.63, 3.8) is 0 Å². The van der Waals surface area contributed by atoms with Crippen LogP contribution in [-0.4, -0.2) is 23.6 Å². The molecule has 0 aliphatic carbocycles. The van der Waals surface area contributed by atoms with Gasteiger partial charge in [0, 0.05) is 24.7 Å². The molecule has 23 heavy (non-hydrogen) atoms. The number of benzene rings is 1. The average Bonchev–Trinajstić information content (AvgIpc) is 2.51. The molecule has 0 amide bonds. The van der Waals surface area contributed by atoms with Crippen molar-refractivity contribution >= 4 is 11.8 Å². The summed E-state index contributed by atoms with van der Waals surface area (Å²) in [7, 11) is 1.71. The first-order valence-corrected chi connectivity index (χ1v) is 7.98. The summed E-state index contributed by atoms with van der Waals surface area (Å²) < 4.78 is 5.49. The lowest BCUT2D eigenvalue weighted by Gasteiger charge is -2.18. The quantitative estimate of drug-likeness (QED) is 0.853. The number of nitrogens with zero attached hydrogens (tertiary/aromatic N) is 2. The molecule has 2 aromatic rings. The molecule has 1 aromatic heterocycles. The number of methoxy groups -OCH3 is 1. The standard InChI is InChI=1S/C18H26N4O/c1-6-20-17-14(10-21-18(19)22-17)8-13-9-16(23-5)12(4)7-15(13)11(2)3/h7,9-11H,6,8H2,1-5H3,(H3,19,20,21,22). The van der Waals surface area contributed by atoms with Gasteiger partial charge in [-0.25, -0.2) is 4.98 Å². The zero-order valence-electron chi connectivity index (χ0n) is 14.6. The van der Waals surface area contributed by atoms with Crippen molar-refractivity contribution in [1.29, 1.82) is 0 Å². The van der Waals surface area contributed by atoms with Crippen LogP contribution in [0.5, 0.6) is 5.75 Å². The summed E-state index contributed by atoms with van der Waals surface area (Å²) in [6, 6.07) is 4.33. The maximum atomic E-state index is 5.71. The van der Waals surface area contributed by atoms with E-state index < -0.39 is 0 Å².